The monoisotopic (exact) mass is 417 g/mol. The summed E-state index contributed by atoms with van der Waals surface area (Å²) in [5, 5.41) is 2.15. The Morgan fingerprint density at radius 3 is 1.83 bits per heavy atom. The highest BCUT2D eigenvalue weighted by Gasteiger charge is 2.32. The number of rotatable bonds is 4. The van der Waals surface area contributed by atoms with E-state index in [1.165, 1.54) is 24.3 Å². The molecule has 156 valence electrons. The van der Waals surface area contributed by atoms with E-state index in [9.17, 15) is 31.5 Å². The molecule has 0 aliphatic heterocycles. The van der Waals surface area contributed by atoms with Crippen LogP contribution in [0.1, 0.15) is 32.4 Å². The lowest BCUT2D eigenvalue weighted by atomic mass is 10.1. The smallest absolute Gasteiger partial charge is 0.408 e. The Bertz CT molecular complexity index is 899. The van der Waals surface area contributed by atoms with Gasteiger partial charge in [-0.15, -0.1) is 0 Å². The number of ether oxygens (including phenoxy) is 2. The molecule has 0 aliphatic carbocycles. The normalized spacial score (nSPS) is 12.3. The van der Waals surface area contributed by atoms with Crippen molar-refractivity contribution in [3.05, 3.63) is 65.0 Å². The van der Waals surface area contributed by atoms with Crippen molar-refractivity contribution in [1.82, 2.24) is 5.32 Å². The fourth-order valence-electron chi connectivity index (χ4n) is 2.18. The summed E-state index contributed by atoms with van der Waals surface area (Å²) in [5.74, 6) is -14.9. The van der Waals surface area contributed by atoms with Crippen LogP contribution in [0.25, 0.3) is 0 Å². The summed E-state index contributed by atoms with van der Waals surface area (Å²) in [6, 6.07) is 5.67. The maximum Gasteiger partial charge on any atom is 0.408 e. The largest absolute Gasteiger partial charge is 0.444 e. The van der Waals surface area contributed by atoms with Gasteiger partial charge in [-0.05, 0) is 26.3 Å². The molecule has 0 saturated carbocycles. The first-order chi connectivity index (χ1) is 13.4. The predicted octanol–water partition coefficient (Wildman–Crippen LogP) is 4.55. The van der Waals surface area contributed by atoms with Gasteiger partial charge in [-0.2, -0.15) is 8.78 Å². The molecule has 2 aromatic rings. The quantitative estimate of drug-likeness (QED) is 0.261. The molecule has 5 nitrogen and oxygen atoms in total. The van der Waals surface area contributed by atoms with Gasteiger partial charge in [0.2, 0.25) is 34.8 Å². The molecule has 1 amide bonds. The van der Waals surface area contributed by atoms with Crippen molar-refractivity contribution in [2.45, 2.75) is 32.4 Å². The zero-order valence-electron chi connectivity index (χ0n) is 15.5. The van der Waals surface area contributed by atoms with Crippen LogP contribution < -0.4 is 10.1 Å². The zero-order valence-corrected chi connectivity index (χ0v) is 15.5. The van der Waals surface area contributed by atoms with Crippen molar-refractivity contribution >= 4 is 12.1 Å². The van der Waals surface area contributed by atoms with Crippen LogP contribution in [-0.2, 0) is 9.53 Å². The van der Waals surface area contributed by atoms with E-state index in [2.05, 4.69) is 10.1 Å². The summed E-state index contributed by atoms with van der Waals surface area (Å²) in [6.45, 7) is 4.66. The fraction of sp³-hybridized carbons (Fsp3) is 0.263. The number of hydrogen-bond donors (Lipinski definition) is 1. The first-order valence-corrected chi connectivity index (χ1v) is 8.20. The lowest BCUT2D eigenvalue weighted by Crippen LogP contribution is -2.39. The van der Waals surface area contributed by atoms with E-state index in [0.717, 1.165) is 0 Å². The number of amides is 1. The average molecular weight is 417 g/mol. The molecule has 29 heavy (non-hydrogen) atoms. The number of halogens is 5. The molecule has 10 heteroatoms. The van der Waals surface area contributed by atoms with Crippen LogP contribution in [0.4, 0.5) is 26.7 Å². The van der Waals surface area contributed by atoms with Crippen LogP contribution in [-0.4, -0.2) is 17.7 Å². The molecule has 0 aromatic heterocycles. The van der Waals surface area contributed by atoms with E-state index < -0.39 is 58.5 Å². The average Bonchev–Trinajstić information content (AvgIpc) is 2.65. The molecule has 2 aromatic carbocycles. The molecule has 0 fully saturated rings. The standard InChI is InChI=1S/C19H16F5NO4/c1-19(2,3)29-18(27)25-15(9-7-5-4-6-8-9)17(26)28-16-13(23)11(21)10(20)12(22)14(16)24/h4-8,15H,1-3H3,(H,25,27)/t15-/m1/s1. The molecular formula is C19H16F5NO4. The van der Waals surface area contributed by atoms with E-state index >= 15 is 0 Å². The minimum atomic E-state index is -2.40. The zero-order chi connectivity index (χ0) is 21.9. The van der Waals surface area contributed by atoms with Gasteiger partial charge in [-0.3, -0.25) is 0 Å². The van der Waals surface area contributed by atoms with Crippen LogP contribution in [0.3, 0.4) is 0 Å². The summed E-state index contributed by atoms with van der Waals surface area (Å²) >= 11 is 0. The van der Waals surface area contributed by atoms with E-state index in [-0.39, 0.29) is 5.56 Å². The van der Waals surface area contributed by atoms with Crippen molar-refractivity contribution in [3.63, 3.8) is 0 Å². The summed E-state index contributed by atoms with van der Waals surface area (Å²) in [6.07, 6.45) is -1.07. The molecule has 2 rings (SSSR count). The van der Waals surface area contributed by atoms with Gasteiger partial charge in [0.05, 0.1) is 0 Å². The summed E-state index contributed by atoms with van der Waals surface area (Å²) in [7, 11) is 0. The van der Waals surface area contributed by atoms with Crippen LogP contribution >= 0.6 is 0 Å². The SMILES string of the molecule is CC(C)(C)OC(=O)N[C@@H](C(=O)Oc1c(F)c(F)c(F)c(F)c1F)c1ccccc1. The topological polar surface area (TPSA) is 64.6 Å². The van der Waals surface area contributed by atoms with Gasteiger partial charge in [-0.1, -0.05) is 30.3 Å². The second-order valence-corrected chi connectivity index (χ2v) is 6.81. The Labute approximate surface area is 162 Å². The Hall–Kier alpha value is -3.17. The lowest BCUT2D eigenvalue weighted by molar-refractivity contribution is -0.137. The third-order valence-electron chi connectivity index (χ3n) is 3.40. The number of benzene rings is 2. The van der Waals surface area contributed by atoms with Crippen LogP contribution in [0.15, 0.2) is 30.3 Å². The van der Waals surface area contributed by atoms with Gasteiger partial charge in [0.1, 0.15) is 5.60 Å². The Balaban J connectivity index is 2.38. The Kier molecular flexibility index (Phi) is 6.45. The van der Waals surface area contributed by atoms with E-state index in [0.29, 0.717) is 0 Å². The second kappa shape index (κ2) is 8.46. The highest BCUT2D eigenvalue weighted by Crippen LogP contribution is 2.30. The minimum absolute atomic E-state index is 0.118. The summed E-state index contributed by atoms with van der Waals surface area (Å²) in [4.78, 5) is 24.5. The van der Waals surface area contributed by atoms with Crippen molar-refractivity contribution < 1.29 is 41.0 Å². The second-order valence-electron chi connectivity index (χ2n) is 6.81. The number of alkyl carbamates (subject to hydrolysis) is 1. The molecule has 0 radical (unpaired) electrons. The van der Waals surface area contributed by atoms with E-state index in [4.69, 9.17) is 4.74 Å². The highest BCUT2D eigenvalue weighted by atomic mass is 19.2. The summed E-state index contributed by atoms with van der Waals surface area (Å²) in [5.41, 5.74) is -0.816. The molecule has 1 atom stereocenters. The number of hydrogen-bond acceptors (Lipinski definition) is 4. The maximum absolute atomic E-state index is 13.8. The van der Waals surface area contributed by atoms with Crippen molar-refractivity contribution in [2.75, 3.05) is 0 Å². The van der Waals surface area contributed by atoms with Gasteiger partial charge >= 0.3 is 12.1 Å². The van der Waals surface area contributed by atoms with Gasteiger partial charge in [0, 0.05) is 0 Å². The highest BCUT2D eigenvalue weighted by molar-refractivity contribution is 5.84. The molecular weight excluding hydrogens is 401 g/mol. The Morgan fingerprint density at radius 1 is 0.862 bits per heavy atom. The lowest BCUT2D eigenvalue weighted by Gasteiger charge is -2.23. The molecule has 0 saturated heterocycles. The van der Waals surface area contributed by atoms with Crippen LogP contribution in [0.2, 0.25) is 0 Å². The van der Waals surface area contributed by atoms with Crippen LogP contribution in [0.5, 0.6) is 5.75 Å². The van der Waals surface area contributed by atoms with Crippen molar-refractivity contribution in [1.29, 1.82) is 0 Å². The van der Waals surface area contributed by atoms with E-state index in [1.54, 1.807) is 26.8 Å². The molecule has 0 spiro atoms. The van der Waals surface area contributed by atoms with Gasteiger partial charge < -0.3 is 14.8 Å². The van der Waals surface area contributed by atoms with Crippen molar-refractivity contribution in [2.24, 2.45) is 0 Å². The first kappa shape index (κ1) is 22.1. The molecule has 0 aliphatic rings. The molecule has 0 unspecified atom stereocenters. The molecule has 0 heterocycles. The fourth-order valence-corrected chi connectivity index (χ4v) is 2.18. The molecule has 0 bridgehead atoms. The number of esters is 1. The van der Waals surface area contributed by atoms with Crippen LogP contribution in [0, 0.1) is 29.1 Å². The third kappa shape index (κ3) is 5.21. The summed E-state index contributed by atoms with van der Waals surface area (Å²) < 4.78 is 76.9. The number of carbonyl (C=O) groups excluding carboxylic acids is 2. The third-order valence-corrected chi connectivity index (χ3v) is 3.40. The minimum Gasteiger partial charge on any atom is -0.444 e. The molecule has 1 N–H and O–H groups in total. The van der Waals surface area contributed by atoms with Gasteiger partial charge in [0.15, 0.2) is 6.04 Å². The van der Waals surface area contributed by atoms with E-state index in [1.807, 2.05) is 0 Å². The Morgan fingerprint density at radius 2 is 1.34 bits per heavy atom. The number of nitrogens with one attached hydrogen (secondary N) is 1. The number of carbonyl (C=O) groups is 2. The first-order valence-electron chi connectivity index (χ1n) is 8.20. The van der Waals surface area contributed by atoms with Gasteiger partial charge in [-0.25, -0.2) is 22.8 Å². The van der Waals surface area contributed by atoms with Gasteiger partial charge in [0.25, 0.3) is 0 Å². The maximum atomic E-state index is 13.8. The predicted molar refractivity (Wildman–Crippen MR) is 90.4 cm³/mol. The van der Waals surface area contributed by atoms with Crippen molar-refractivity contribution in [3.8, 4) is 5.75 Å².